The molecule has 0 fully saturated rings. The van der Waals surface area contributed by atoms with Gasteiger partial charge in [-0.15, -0.1) is 0 Å². The highest BCUT2D eigenvalue weighted by molar-refractivity contribution is 5.94. The maximum Gasteiger partial charge on any atom is 0.251 e. The molecule has 0 aliphatic carbocycles. The molecule has 4 heteroatoms. The molecule has 0 aromatic heterocycles. The summed E-state index contributed by atoms with van der Waals surface area (Å²) in [6.07, 6.45) is 0.381. The molecule has 20 heavy (non-hydrogen) atoms. The fourth-order valence-corrected chi connectivity index (χ4v) is 1.88. The standard InChI is InChI=1S/C16H15F2NO/c1-11-2-4-13(5-3-11)16(20)19-7-6-12-8-14(17)10-15(18)9-12/h2-5,8-10H,6-7H2,1H3,(H,19,20). The minimum absolute atomic E-state index is 0.193. The van der Waals surface area contributed by atoms with Crippen molar-refractivity contribution in [1.29, 1.82) is 0 Å². The molecule has 2 aromatic rings. The normalized spacial score (nSPS) is 10.3. The molecule has 0 heterocycles. The fourth-order valence-electron chi connectivity index (χ4n) is 1.88. The van der Waals surface area contributed by atoms with Gasteiger partial charge in [0.25, 0.3) is 5.91 Å². The second-order valence-corrected chi connectivity index (χ2v) is 4.65. The molecule has 0 aliphatic rings. The molecule has 0 saturated carbocycles. The Morgan fingerprint density at radius 1 is 1.05 bits per heavy atom. The van der Waals surface area contributed by atoms with E-state index in [4.69, 9.17) is 0 Å². The van der Waals surface area contributed by atoms with Crippen LogP contribution in [0.5, 0.6) is 0 Å². The lowest BCUT2D eigenvalue weighted by Crippen LogP contribution is -2.25. The van der Waals surface area contributed by atoms with Crippen LogP contribution in [0.25, 0.3) is 0 Å². The van der Waals surface area contributed by atoms with Crippen LogP contribution in [-0.2, 0) is 6.42 Å². The maximum absolute atomic E-state index is 13.0. The van der Waals surface area contributed by atoms with E-state index in [0.29, 0.717) is 24.1 Å². The van der Waals surface area contributed by atoms with Crippen molar-refractivity contribution in [3.8, 4) is 0 Å². The van der Waals surface area contributed by atoms with Crippen LogP contribution in [0.3, 0.4) is 0 Å². The zero-order valence-electron chi connectivity index (χ0n) is 11.1. The molecule has 1 N–H and O–H groups in total. The summed E-state index contributed by atoms with van der Waals surface area (Å²) in [5.41, 5.74) is 2.17. The van der Waals surface area contributed by atoms with Gasteiger partial charge < -0.3 is 5.32 Å². The van der Waals surface area contributed by atoms with Gasteiger partial charge in [-0.05, 0) is 43.2 Å². The second-order valence-electron chi connectivity index (χ2n) is 4.65. The van der Waals surface area contributed by atoms with Gasteiger partial charge in [0, 0.05) is 18.2 Å². The van der Waals surface area contributed by atoms with Gasteiger partial charge in [0.05, 0.1) is 0 Å². The quantitative estimate of drug-likeness (QED) is 0.911. The van der Waals surface area contributed by atoms with E-state index in [1.54, 1.807) is 12.1 Å². The first-order valence-corrected chi connectivity index (χ1v) is 6.34. The van der Waals surface area contributed by atoms with Crippen molar-refractivity contribution in [2.45, 2.75) is 13.3 Å². The Kier molecular flexibility index (Phi) is 4.45. The number of aryl methyl sites for hydroxylation is 1. The van der Waals surface area contributed by atoms with Crippen molar-refractivity contribution < 1.29 is 13.6 Å². The van der Waals surface area contributed by atoms with E-state index in [1.165, 1.54) is 12.1 Å². The Morgan fingerprint density at radius 2 is 1.65 bits per heavy atom. The van der Waals surface area contributed by atoms with Crippen LogP contribution in [0.15, 0.2) is 42.5 Å². The number of carbonyl (C=O) groups is 1. The monoisotopic (exact) mass is 275 g/mol. The van der Waals surface area contributed by atoms with E-state index < -0.39 is 11.6 Å². The van der Waals surface area contributed by atoms with E-state index in [9.17, 15) is 13.6 Å². The van der Waals surface area contributed by atoms with Gasteiger partial charge in [-0.1, -0.05) is 17.7 Å². The summed E-state index contributed by atoms with van der Waals surface area (Å²) >= 11 is 0. The third kappa shape index (κ3) is 3.88. The SMILES string of the molecule is Cc1ccc(C(=O)NCCc2cc(F)cc(F)c2)cc1. The van der Waals surface area contributed by atoms with Crippen molar-refractivity contribution in [3.63, 3.8) is 0 Å². The molecule has 0 saturated heterocycles. The predicted molar refractivity (Wildman–Crippen MR) is 73.6 cm³/mol. The smallest absolute Gasteiger partial charge is 0.251 e. The number of benzene rings is 2. The highest BCUT2D eigenvalue weighted by Crippen LogP contribution is 2.08. The van der Waals surface area contributed by atoms with Gasteiger partial charge in [0.15, 0.2) is 0 Å². The molecular formula is C16H15F2NO. The summed E-state index contributed by atoms with van der Waals surface area (Å²) in [6, 6.07) is 10.6. The van der Waals surface area contributed by atoms with Gasteiger partial charge in [0.2, 0.25) is 0 Å². The van der Waals surface area contributed by atoms with Crippen LogP contribution in [0, 0.1) is 18.6 Å². The van der Waals surface area contributed by atoms with Crippen LogP contribution < -0.4 is 5.32 Å². The molecular weight excluding hydrogens is 260 g/mol. The Balaban J connectivity index is 1.89. The minimum Gasteiger partial charge on any atom is -0.352 e. The summed E-state index contributed by atoms with van der Waals surface area (Å²) < 4.78 is 26.0. The largest absolute Gasteiger partial charge is 0.352 e. The van der Waals surface area contributed by atoms with Crippen LogP contribution in [0.4, 0.5) is 8.78 Å². The van der Waals surface area contributed by atoms with Crippen molar-refractivity contribution in [1.82, 2.24) is 5.32 Å². The van der Waals surface area contributed by atoms with E-state index >= 15 is 0 Å². The minimum atomic E-state index is -0.607. The lowest BCUT2D eigenvalue weighted by Gasteiger charge is -2.06. The molecule has 0 bridgehead atoms. The molecule has 0 spiro atoms. The number of hydrogen-bond donors (Lipinski definition) is 1. The number of halogens is 2. The number of rotatable bonds is 4. The van der Waals surface area contributed by atoms with Gasteiger partial charge in [-0.2, -0.15) is 0 Å². The Labute approximate surface area is 116 Å². The first kappa shape index (κ1) is 14.2. The highest BCUT2D eigenvalue weighted by Gasteiger charge is 2.05. The van der Waals surface area contributed by atoms with Crippen LogP contribution in [0.2, 0.25) is 0 Å². The number of carbonyl (C=O) groups excluding carboxylic acids is 1. The predicted octanol–water partition coefficient (Wildman–Crippen LogP) is 3.25. The van der Waals surface area contributed by atoms with E-state index in [-0.39, 0.29) is 5.91 Å². The van der Waals surface area contributed by atoms with Gasteiger partial charge in [-0.25, -0.2) is 8.78 Å². The number of amides is 1. The third-order valence-corrected chi connectivity index (χ3v) is 2.94. The Bertz CT molecular complexity index is 588. The molecule has 1 amide bonds. The molecule has 104 valence electrons. The first-order chi connectivity index (χ1) is 9.54. The van der Waals surface area contributed by atoms with Gasteiger partial charge in [-0.3, -0.25) is 4.79 Å². The lowest BCUT2D eigenvalue weighted by atomic mass is 10.1. The maximum atomic E-state index is 13.0. The summed E-state index contributed by atoms with van der Waals surface area (Å²) in [5, 5.41) is 2.72. The van der Waals surface area contributed by atoms with Crippen molar-refractivity contribution >= 4 is 5.91 Å². The summed E-state index contributed by atoms with van der Waals surface area (Å²) in [4.78, 5) is 11.8. The molecule has 0 unspecified atom stereocenters. The van der Waals surface area contributed by atoms with Crippen LogP contribution >= 0.6 is 0 Å². The molecule has 2 nitrogen and oxygen atoms in total. The Hall–Kier alpha value is -2.23. The van der Waals surface area contributed by atoms with Crippen LogP contribution in [-0.4, -0.2) is 12.5 Å². The van der Waals surface area contributed by atoms with Gasteiger partial charge in [0.1, 0.15) is 11.6 Å². The lowest BCUT2D eigenvalue weighted by molar-refractivity contribution is 0.0954. The fraction of sp³-hybridized carbons (Fsp3) is 0.188. The van der Waals surface area contributed by atoms with Crippen molar-refractivity contribution in [3.05, 3.63) is 70.8 Å². The number of hydrogen-bond acceptors (Lipinski definition) is 1. The molecule has 2 aromatic carbocycles. The van der Waals surface area contributed by atoms with Crippen LogP contribution in [0.1, 0.15) is 21.5 Å². The van der Waals surface area contributed by atoms with E-state index in [2.05, 4.69) is 5.32 Å². The van der Waals surface area contributed by atoms with Crippen molar-refractivity contribution in [2.24, 2.45) is 0 Å². The van der Waals surface area contributed by atoms with Crippen molar-refractivity contribution in [2.75, 3.05) is 6.54 Å². The second kappa shape index (κ2) is 6.28. The van der Waals surface area contributed by atoms with E-state index in [1.807, 2.05) is 19.1 Å². The first-order valence-electron chi connectivity index (χ1n) is 6.34. The highest BCUT2D eigenvalue weighted by atomic mass is 19.1. The van der Waals surface area contributed by atoms with E-state index in [0.717, 1.165) is 11.6 Å². The summed E-state index contributed by atoms with van der Waals surface area (Å²) in [6.45, 7) is 2.27. The average Bonchev–Trinajstić information content (AvgIpc) is 2.38. The Morgan fingerprint density at radius 3 is 2.25 bits per heavy atom. The zero-order chi connectivity index (χ0) is 14.5. The molecule has 0 aliphatic heterocycles. The zero-order valence-corrected chi connectivity index (χ0v) is 11.1. The third-order valence-electron chi connectivity index (χ3n) is 2.94. The molecule has 0 radical (unpaired) electrons. The van der Waals surface area contributed by atoms with Gasteiger partial charge >= 0.3 is 0 Å². The summed E-state index contributed by atoms with van der Waals surface area (Å²) in [5.74, 6) is -1.41. The number of nitrogens with one attached hydrogen (secondary N) is 1. The topological polar surface area (TPSA) is 29.1 Å². The average molecular weight is 275 g/mol. The molecule has 2 rings (SSSR count). The molecule has 0 atom stereocenters. The summed E-state index contributed by atoms with van der Waals surface area (Å²) in [7, 11) is 0.